The molecule has 4 heterocycles. The third kappa shape index (κ3) is 4.73. The number of likely N-dealkylation sites (tertiary alicyclic amines) is 1. The van der Waals surface area contributed by atoms with Gasteiger partial charge in [-0.2, -0.15) is 0 Å². The van der Waals surface area contributed by atoms with Gasteiger partial charge in [-0.25, -0.2) is 9.78 Å². The lowest BCUT2D eigenvalue weighted by atomic mass is 10.2. The van der Waals surface area contributed by atoms with Crippen LogP contribution in [-0.4, -0.2) is 54.7 Å². The highest BCUT2D eigenvalue weighted by molar-refractivity contribution is 5.74. The Bertz CT molecular complexity index is 1410. The standard InChI is InChI=1S/C26H28N6O3/c1-18-4-2-11-28-22(18)17-30-13-10-21(16-30)32-25-23(5-3-12-29-25)31(26(32)35)20-8-6-19(7-9-20)14-27-15-24(33)34/h2-9,11-12,21,27H,10,13-17H2,1H3,(H,33,34)/t21-/m0/s1. The molecule has 0 saturated carbocycles. The highest BCUT2D eigenvalue weighted by Crippen LogP contribution is 2.26. The lowest BCUT2D eigenvalue weighted by Crippen LogP contribution is -2.29. The summed E-state index contributed by atoms with van der Waals surface area (Å²) in [6.07, 6.45) is 4.42. The molecule has 1 aliphatic rings. The van der Waals surface area contributed by atoms with Crippen LogP contribution in [0.5, 0.6) is 0 Å². The number of benzene rings is 1. The van der Waals surface area contributed by atoms with Crippen molar-refractivity contribution in [3.63, 3.8) is 0 Å². The smallest absolute Gasteiger partial charge is 0.335 e. The first-order valence-electron chi connectivity index (χ1n) is 11.7. The van der Waals surface area contributed by atoms with Gasteiger partial charge in [-0.15, -0.1) is 0 Å². The number of pyridine rings is 2. The lowest BCUT2D eigenvalue weighted by molar-refractivity contribution is -0.136. The molecule has 0 amide bonds. The summed E-state index contributed by atoms with van der Waals surface area (Å²) >= 11 is 0. The van der Waals surface area contributed by atoms with Crippen LogP contribution >= 0.6 is 0 Å². The van der Waals surface area contributed by atoms with Gasteiger partial charge in [0.25, 0.3) is 0 Å². The molecule has 0 unspecified atom stereocenters. The quantitative estimate of drug-likeness (QED) is 0.406. The Hall–Kier alpha value is -3.82. The van der Waals surface area contributed by atoms with Gasteiger partial charge >= 0.3 is 11.7 Å². The number of rotatable bonds is 8. The number of hydrogen-bond donors (Lipinski definition) is 2. The fraction of sp³-hybridized carbons (Fsp3) is 0.308. The molecule has 0 aliphatic carbocycles. The van der Waals surface area contributed by atoms with Crippen LogP contribution in [-0.2, 0) is 17.9 Å². The number of nitrogens with zero attached hydrogens (tertiary/aromatic N) is 5. The van der Waals surface area contributed by atoms with Gasteiger partial charge in [0.2, 0.25) is 0 Å². The first-order valence-corrected chi connectivity index (χ1v) is 11.7. The third-order valence-electron chi connectivity index (χ3n) is 6.54. The number of imidazole rings is 1. The summed E-state index contributed by atoms with van der Waals surface area (Å²) in [6, 6.07) is 15.4. The van der Waals surface area contributed by atoms with E-state index in [1.807, 2.05) is 53.2 Å². The summed E-state index contributed by atoms with van der Waals surface area (Å²) in [5.41, 5.74) is 5.30. The second-order valence-electron chi connectivity index (χ2n) is 8.94. The van der Waals surface area contributed by atoms with Gasteiger partial charge in [0.1, 0.15) is 0 Å². The molecule has 0 spiro atoms. The molecular weight excluding hydrogens is 444 g/mol. The zero-order valence-electron chi connectivity index (χ0n) is 19.6. The number of nitrogens with one attached hydrogen (secondary N) is 1. The molecule has 1 saturated heterocycles. The zero-order valence-corrected chi connectivity index (χ0v) is 19.6. The molecule has 4 aromatic rings. The highest BCUT2D eigenvalue weighted by Gasteiger charge is 2.29. The van der Waals surface area contributed by atoms with E-state index in [1.165, 1.54) is 5.56 Å². The first kappa shape index (κ1) is 22.9. The van der Waals surface area contributed by atoms with E-state index in [9.17, 15) is 9.59 Å². The van der Waals surface area contributed by atoms with E-state index in [0.717, 1.165) is 48.5 Å². The molecule has 180 valence electrons. The lowest BCUT2D eigenvalue weighted by Gasteiger charge is -2.17. The average molecular weight is 473 g/mol. The SMILES string of the molecule is Cc1cccnc1CN1CC[C@H](n2c(=O)n(-c3ccc(CNCC(=O)O)cc3)c3cccnc32)C1. The van der Waals surface area contributed by atoms with Crippen molar-refractivity contribution in [2.24, 2.45) is 0 Å². The van der Waals surface area contributed by atoms with Crippen molar-refractivity contribution in [2.75, 3.05) is 19.6 Å². The number of hydrogen-bond acceptors (Lipinski definition) is 6. The van der Waals surface area contributed by atoms with Gasteiger partial charge in [-0.1, -0.05) is 18.2 Å². The van der Waals surface area contributed by atoms with Crippen LogP contribution in [0.1, 0.15) is 29.3 Å². The molecule has 1 atom stereocenters. The Labute approximate surface area is 202 Å². The van der Waals surface area contributed by atoms with Crippen LogP contribution in [0.15, 0.2) is 65.7 Å². The zero-order chi connectivity index (χ0) is 24.4. The molecule has 0 bridgehead atoms. The van der Waals surface area contributed by atoms with E-state index in [0.29, 0.717) is 12.2 Å². The molecule has 35 heavy (non-hydrogen) atoms. The number of carboxylic acid groups (broad SMARTS) is 1. The van der Waals surface area contributed by atoms with Gasteiger partial charge < -0.3 is 10.4 Å². The normalized spacial score (nSPS) is 16.2. The Kier molecular flexibility index (Phi) is 6.43. The first-order chi connectivity index (χ1) is 17.0. The molecule has 5 rings (SSSR count). The maximum atomic E-state index is 13.7. The van der Waals surface area contributed by atoms with Gasteiger partial charge in [0.05, 0.1) is 29.5 Å². The topological polar surface area (TPSA) is 105 Å². The summed E-state index contributed by atoms with van der Waals surface area (Å²) in [6.45, 7) is 4.84. The second-order valence-corrected chi connectivity index (χ2v) is 8.94. The number of aromatic nitrogens is 4. The average Bonchev–Trinajstić information content (AvgIpc) is 3.42. The van der Waals surface area contributed by atoms with Crippen molar-refractivity contribution in [2.45, 2.75) is 32.5 Å². The van der Waals surface area contributed by atoms with Crippen molar-refractivity contribution in [1.29, 1.82) is 0 Å². The molecule has 0 radical (unpaired) electrons. The summed E-state index contributed by atoms with van der Waals surface area (Å²) in [5.74, 6) is -0.894. The molecular formula is C26H28N6O3. The summed E-state index contributed by atoms with van der Waals surface area (Å²) in [7, 11) is 0. The van der Waals surface area contributed by atoms with Crippen molar-refractivity contribution in [3.05, 3.63) is 88.2 Å². The Morgan fingerprint density at radius 3 is 2.66 bits per heavy atom. The van der Waals surface area contributed by atoms with E-state index in [2.05, 4.69) is 33.2 Å². The van der Waals surface area contributed by atoms with E-state index in [4.69, 9.17) is 5.11 Å². The monoisotopic (exact) mass is 472 g/mol. The van der Waals surface area contributed by atoms with Gasteiger partial charge in [0, 0.05) is 38.6 Å². The maximum absolute atomic E-state index is 13.7. The van der Waals surface area contributed by atoms with Crippen LogP contribution in [0, 0.1) is 6.92 Å². The fourth-order valence-corrected chi connectivity index (χ4v) is 4.77. The van der Waals surface area contributed by atoms with Crippen molar-refractivity contribution < 1.29 is 9.90 Å². The van der Waals surface area contributed by atoms with Crippen LogP contribution in [0.25, 0.3) is 16.9 Å². The second kappa shape index (κ2) is 9.81. The molecule has 1 aliphatic heterocycles. The largest absolute Gasteiger partial charge is 0.480 e. The number of fused-ring (bicyclic) bond motifs is 1. The number of carbonyl (C=O) groups is 1. The van der Waals surface area contributed by atoms with E-state index >= 15 is 0 Å². The highest BCUT2D eigenvalue weighted by atomic mass is 16.4. The molecule has 2 N–H and O–H groups in total. The van der Waals surface area contributed by atoms with Crippen LogP contribution in [0.2, 0.25) is 0 Å². The van der Waals surface area contributed by atoms with Crippen LogP contribution < -0.4 is 11.0 Å². The van der Waals surface area contributed by atoms with E-state index in [1.54, 1.807) is 10.8 Å². The molecule has 1 aromatic carbocycles. The number of aliphatic carboxylic acids is 1. The van der Waals surface area contributed by atoms with Gasteiger partial charge in [0.15, 0.2) is 5.65 Å². The number of carboxylic acids is 1. The molecule has 1 fully saturated rings. The van der Waals surface area contributed by atoms with E-state index in [-0.39, 0.29) is 18.3 Å². The molecule has 3 aromatic heterocycles. The van der Waals surface area contributed by atoms with Crippen molar-refractivity contribution >= 4 is 17.1 Å². The van der Waals surface area contributed by atoms with Crippen LogP contribution in [0.3, 0.4) is 0 Å². The van der Waals surface area contributed by atoms with Crippen LogP contribution in [0.4, 0.5) is 0 Å². The summed E-state index contributed by atoms with van der Waals surface area (Å²) in [5, 5.41) is 11.7. The minimum Gasteiger partial charge on any atom is -0.480 e. The van der Waals surface area contributed by atoms with Crippen molar-refractivity contribution in [3.8, 4) is 5.69 Å². The fourth-order valence-electron chi connectivity index (χ4n) is 4.77. The van der Waals surface area contributed by atoms with Gasteiger partial charge in [-0.3, -0.25) is 23.8 Å². The Morgan fingerprint density at radius 1 is 1.11 bits per heavy atom. The Morgan fingerprint density at radius 2 is 1.89 bits per heavy atom. The number of aryl methyl sites for hydroxylation is 1. The predicted molar refractivity (Wildman–Crippen MR) is 133 cm³/mol. The van der Waals surface area contributed by atoms with Gasteiger partial charge in [-0.05, 0) is 54.8 Å². The predicted octanol–water partition coefficient (Wildman–Crippen LogP) is 2.51. The van der Waals surface area contributed by atoms with Crippen molar-refractivity contribution in [1.82, 2.24) is 29.3 Å². The minimum absolute atomic E-state index is 0.0321. The molecule has 9 heteroatoms. The van der Waals surface area contributed by atoms with E-state index < -0.39 is 5.97 Å². The maximum Gasteiger partial charge on any atom is 0.335 e. The minimum atomic E-state index is -0.894. The summed E-state index contributed by atoms with van der Waals surface area (Å²) < 4.78 is 3.55. The Balaban J connectivity index is 1.41. The summed E-state index contributed by atoms with van der Waals surface area (Å²) in [4.78, 5) is 35.9. The molecule has 9 nitrogen and oxygen atoms in total. The third-order valence-corrected chi connectivity index (χ3v) is 6.54.